The highest BCUT2D eigenvalue weighted by molar-refractivity contribution is 6.26. The van der Waals surface area contributed by atoms with Gasteiger partial charge in [0.1, 0.15) is 22.3 Å². The maximum Gasteiger partial charge on any atom is 0.135 e. The number of aromatic nitrogens is 1. The fraction of sp³-hybridized carbons (Fsp3) is 0. The zero-order valence-electron chi connectivity index (χ0n) is 35.0. The average Bonchev–Trinajstić information content (AvgIpc) is 4.11. The van der Waals surface area contributed by atoms with E-state index in [0.29, 0.717) is 0 Å². The second-order valence-electron chi connectivity index (χ2n) is 17.7. The van der Waals surface area contributed by atoms with Crippen LogP contribution in [0.2, 0.25) is 0 Å². The lowest BCUT2D eigenvalue weighted by Gasteiger charge is -2.09. The predicted octanol–water partition coefficient (Wildman–Crippen LogP) is 17.6. The zero-order valence-corrected chi connectivity index (χ0v) is 35.0. The van der Waals surface area contributed by atoms with Crippen molar-refractivity contribution in [3.63, 3.8) is 0 Å². The summed E-state index contributed by atoms with van der Waals surface area (Å²) in [5.74, 6) is 0. The molecule has 4 aromatic heterocycles. The molecule has 0 atom stereocenters. The summed E-state index contributed by atoms with van der Waals surface area (Å²) in [5, 5.41) is 14.7. The third-order valence-electron chi connectivity index (χ3n) is 14.1. The van der Waals surface area contributed by atoms with Gasteiger partial charge in [-0.2, -0.15) is 0 Å². The van der Waals surface area contributed by atoms with Crippen molar-refractivity contribution in [2.45, 2.75) is 0 Å². The van der Waals surface area contributed by atoms with Crippen LogP contribution in [0.1, 0.15) is 0 Å². The van der Waals surface area contributed by atoms with Crippen LogP contribution in [0.5, 0.6) is 0 Å². The summed E-state index contributed by atoms with van der Waals surface area (Å²) in [6.07, 6.45) is 0. The second-order valence-corrected chi connectivity index (χ2v) is 17.7. The fourth-order valence-electron chi connectivity index (χ4n) is 10.8. The van der Waals surface area contributed by atoms with Crippen LogP contribution in [0.15, 0.2) is 221 Å². The molecule has 0 saturated heterocycles. The summed E-state index contributed by atoms with van der Waals surface area (Å²) >= 11 is 0. The molecule has 3 heteroatoms. The van der Waals surface area contributed by atoms with Gasteiger partial charge in [-0.1, -0.05) is 140 Å². The van der Waals surface area contributed by atoms with E-state index >= 15 is 0 Å². The first-order chi connectivity index (χ1) is 32.1. The third kappa shape index (κ3) is 5.12. The molecule has 0 aliphatic heterocycles. The van der Waals surface area contributed by atoms with Crippen LogP contribution in [0, 0.1) is 0 Å². The molecule has 0 aliphatic carbocycles. The Labute approximate surface area is 371 Å². The monoisotopic (exact) mass is 825 g/mol. The van der Waals surface area contributed by atoms with Gasteiger partial charge in [-0.15, -0.1) is 0 Å². The summed E-state index contributed by atoms with van der Waals surface area (Å²) in [4.78, 5) is 0. The van der Waals surface area contributed by atoms with Crippen molar-refractivity contribution in [3.8, 4) is 44.5 Å². The highest BCUT2D eigenvalue weighted by atomic mass is 16.3. The van der Waals surface area contributed by atoms with Crippen molar-refractivity contribution in [2.75, 3.05) is 0 Å². The molecular formula is C62H35NO2. The molecule has 15 aromatic rings. The van der Waals surface area contributed by atoms with E-state index in [1.54, 1.807) is 0 Å². The van der Waals surface area contributed by atoms with Crippen LogP contribution in [0.25, 0.3) is 148 Å². The average molecular weight is 826 g/mol. The summed E-state index contributed by atoms with van der Waals surface area (Å²) in [7, 11) is 0. The van der Waals surface area contributed by atoms with Gasteiger partial charge in [0, 0.05) is 43.1 Å². The first-order valence-corrected chi connectivity index (χ1v) is 22.3. The molecule has 0 fully saturated rings. The van der Waals surface area contributed by atoms with Crippen LogP contribution in [0.4, 0.5) is 0 Å². The molecule has 15 rings (SSSR count). The topological polar surface area (TPSA) is 30.7 Å². The molecular weight excluding hydrogens is 791 g/mol. The van der Waals surface area contributed by atoms with E-state index in [2.05, 4.69) is 192 Å². The minimum absolute atomic E-state index is 0.918. The van der Waals surface area contributed by atoms with Crippen LogP contribution < -0.4 is 0 Å². The molecule has 4 heterocycles. The summed E-state index contributed by atoms with van der Waals surface area (Å²) in [6, 6.07) is 77.6. The SMILES string of the molecule is c1ccc2c(c1)oc1ccc(-c3ccc(-c4ccc5cc6c7cccc8c9cc%10ccc(-c%11ccc(-c%12ccc%13oc%14ccccc%14c%13c%12)cc%11)cc%10cc9n(c6cc5c4)c78)cc3)cc12. The van der Waals surface area contributed by atoms with Crippen LogP contribution in [-0.2, 0) is 0 Å². The van der Waals surface area contributed by atoms with Crippen molar-refractivity contribution in [3.05, 3.63) is 212 Å². The Bertz CT molecular complexity index is 4170. The molecule has 300 valence electrons. The van der Waals surface area contributed by atoms with E-state index < -0.39 is 0 Å². The molecule has 0 radical (unpaired) electrons. The Hall–Kier alpha value is -8.66. The molecule has 0 saturated carbocycles. The smallest absolute Gasteiger partial charge is 0.135 e. The minimum atomic E-state index is 0.918. The number of nitrogens with zero attached hydrogens (tertiary/aromatic N) is 1. The largest absolute Gasteiger partial charge is 0.456 e. The molecule has 65 heavy (non-hydrogen) atoms. The Kier molecular flexibility index (Phi) is 6.95. The lowest BCUT2D eigenvalue weighted by Crippen LogP contribution is -1.85. The maximum absolute atomic E-state index is 6.09. The number of para-hydroxylation sites is 3. The maximum atomic E-state index is 6.09. The first-order valence-electron chi connectivity index (χ1n) is 22.3. The van der Waals surface area contributed by atoms with E-state index in [-0.39, 0.29) is 0 Å². The van der Waals surface area contributed by atoms with Gasteiger partial charge in [-0.25, -0.2) is 0 Å². The second kappa shape index (κ2) is 12.9. The van der Waals surface area contributed by atoms with Gasteiger partial charge in [-0.05, 0) is 139 Å². The van der Waals surface area contributed by atoms with E-state index in [9.17, 15) is 0 Å². The van der Waals surface area contributed by atoms with E-state index in [0.717, 1.165) is 43.9 Å². The molecule has 0 aliphatic rings. The summed E-state index contributed by atoms with van der Waals surface area (Å²) < 4.78 is 14.7. The summed E-state index contributed by atoms with van der Waals surface area (Å²) in [5.41, 5.74) is 17.0. The molecule has 11 aromatic carbocycles. The van der Waals surface area contributed by atoms with Crippen molar-refractivity contribution in [1.82, 2.24) is 4.40 Å². The van der Waals surface area contributed by atoms with Gasteiger partial charge in [-0.3, -0.25) is 0 Å². The number of hydrogen-bond acceptors (Lipinski definition) is 2. The Morgan fingerprint density at radius 2 is 0.600 bits per heavy atom. The van der Waals surface area contributed by atoms with Crippen molar-refractivity contribution < 1.29 is 8.83 Å². The number of furan rings is 2. The van der Waals surface area contributed by atoms with Crippen LogP contribution in [-0.4, -0.2) is 4.40 Å². The lowest BCUT2D eigenvalue weighted by atomic mass is 9.96. The van der Waals surface area contributed by atoms with Crippen molar-refractivity contribution in [1.29, 1.82) is 0 Å². The molecule has 0 N–H and O–H groups in total. The van der Waals surface area contributed by atoms with E-state index in [1.165, 1.54) is 104 Å². The Morgan fingerprint density at radius 1 is 0.231 bits per heavy atom. The van der Waals surface area contributed by atoms with Gasteiger partial charge in [0.25, 0.3) is 0 Å². The number of rotatable bonds is 4. The molecule has 3 nitrogen and oxygen atoms in total. The number of benzene rings is 11. The zero-order chi connectivity index (χ0) is 42.3. The first kappa shape index (κ1) is 34.9. The Morgan fingerprint density at radius 3 is 1.06 bits per heavy atom. The highest BCUT2D eigenvalue weighted by Crippen LogP contribution is 2.43. The molecule has 0 spiro atoms. The van der Waals surface area contributed by atoms with Gasteiger partial charge in [0.15, 0.2) is 0 Å². The minimum Gasteiger partial charge on any atom is -0.456 e. The lowest BCUT2D eigenvalue weighted by molar-refractivity contribution is 0.668. The number of fused-ring (bicyclic) bond motifs is 14. The van der Waals surface area contributed by atoms with Crippen LogP contribution >= 0.6 is 0 Å². The molecule has 0 bridgehead atoms. The quantitative estimate of drug-likeness (QED) is 0.177. The van der Waals surface area contributed by atoms with Gasteiger partial charge in [0.05, 0.1) is 16.6 Å². The van der Waals surface area contributed by atoms with Crippen LogP contribution in [0.3, 0.4) is 0 Å². The highest BCUT2D eigenvalue weighted by Gasteiger charge is 2.19. The standard InChI is InChI=1S/C62H35NO2/c1-3-10-58-48(6-1)54-32-42(24-26-60(54)64-58)38-16-12-36(13-17-38)40-20-22-44-30-52-50-8-5-9-51-53-31-45-23-21-41(29-47(45)35-57(53)63(62(50)51)56(52)34-46(44)28-40)37-14-18-39(19-15-37)43-25-27-61-55(33-43)49-7-2-4-11-59(49)65-61/h1-35H. The molecule has 0 unspecified atom stereocenters. The number of hydrogen-bond donors (Lipinski definition) is 0. The van der Waals surface area contributed by atoms with Gasteiger partial charge < -0.3 is 13.2 Å². The normalized spacial score (nSPS) is 12.3. The predicted molar refractivity (Wildman–Crippen MR) is 272 cm³/mol. The fourth-order valence-corrected chi connectivity index (χ4v) is 10.8. The summed E-state index contributed by atoms with van der Waals surface area (Å²) in [6.45, 7) is 0. The van der Waals surface area contributed by atoms with Gasteiger partial charge >= 0.3 is 0 Å². The Balaban J connectivity index is 0.802. The van der Waals surface area contributed by atoms with E-state index in [1.807, 2.05) is 24.3 Å². The van der Waals surface area contributed by atoms with Gasteiger partial charge in [0.2, 0.25) is 0 Å². The third-order valence-corrected chi connectivity index (χ3v) is 14.1. The molecule has 0 amide bonds. The van der Waals surface area contributed by atoms with Crippen molar-refractivity contribution in [2.24, 2.45) is 0 Å². The van der Waals surface area contributed by atoms with E-state index in [4.69, 9.17) is 8.83 Å². The van der Waals surface area contributed by atoms with Crippen molar-refractivity contribution >= 4 is 104 Å².